The lowest BCUT2D eigenvalue weighted by Crippen LogP contribution is -2.15. The van der Waals surface area contributed by atoms with Crippen LogP contribution in [0.2, 0.25) is 0 Å². The summed E-state index contributed by atoms with van der Waals surface area (Å²) in [6.07, 6.45) is 0. The lowest BCUT2D eigenvalue weighted by molar-refractivity contribution is 0.659. The van der Waals surface area contributed by atoms with E-state index in [-0.39, 0.29) is 11.3 Å². The number of hydrogen-bond acceptors (Lipinski definition) is 2. The normalized spacial score (nSPS) is 13.7. The van der Waals surface area contributed by atoms with E-state index >= 15 is 0 Å². The van der Waals surface area contributed by atoms with Gasteiger partial charge in [0.1, 0.15) is 22.3 Å². The molecule has 292 valence electrons. The Bertz CT molecular complexity index is 3780. The van der Waals surface area contributed by atoms with E-state index in [0.29, 0.717) is 0 Å². The molecule has 0 amide bonds. The Balaban J connectivity index is 1.01. The van der Waals surface area contributed by atoms with Crippen molar-refractivity contribution in [3.05, 3.63) is 228 Å². The van der Waals surface area contributed by atoms with Crippen LogP contribution >= 0.6 is 0 Å². The molecule has 62 heavy (non-hydrogen) atoms. The van der Waals surface area contributed by atoms with Gasteiger partial charge in [0.05, 0.1) is 0 Å². The molecule has 1 aliphatic carbocycles. The Kier molecular flexibility index (Phi) is 7.45. The van der Waals surface area contributed by atoms with Crippen LogP contribution in [0.1, 0.15) is 47.6 Å². The largest absolute Gasteiger partial charge is 0.455 e. The predicted molar refractivity (Wildman–Crippen MR) is 258 cm³/mol. The number of furan rings is 2. The second-order valence-electron chi connectivity index (χ2n) is 17.5. The summed E-state index contributed by atoms with van der Waals surface area (Å²) in [6.45, 7) is 4.73. The van der Waals surface area contributed by atoms with Crippen LogP contribution in [0.15, 0.2) is 209 Å². The Morgan fingerprint density at radius 1 is 0.355 bits per heavy atom. The maximum Gasteiger partial charge on any atom is 0.143 e. The van der Waals surface area contributed by atoms with Gasteiger partial charge in [0.15, 0.2) is 0 Å². The zero-order valence-electron chi connectivity index (χ0n) is 34.4. The molecule has 0 radical (unpaired) electrons. The minimum absolute atomic E-state index is 0.0387. The Hall–Kier alpha value is -7.68. The van der Waals surface area contributed by atoms with E-state index in [2.05, 4.69) is 208 Å². The van der Waals surface area contributed by atoms with Crippen molar-refractivity contribution in [2.75, 3.05) is 0 Å². The van der Waals surface area contributed by atoms with Gasteiger partial charge in [-0.05, 0) is 95.9 Å². The topological polar surface area (TPSA) is 26.3 Å². The molecule has 0 saturated carbocycles. The molecule has 1 atom stereocenters. The summed E-state index contributed by atoms with van der Waals surface area (Å²) >= 11 is 0. The predicted octanol–water partition coefficient (Wildman–Crippen LogP) is 16.6. The van der Waals surface area contributed by atoms with Gasteiger partial charge in [0.2, 0.25) is 0 Å². The smallest absolute Gasteiger partial charge is 0.143 e. The summed E-state index contributed by atoms with van der Waals surface area (Å²) in [5.41, 5.74) is 17.2. The van der Waals surface area contributed by atoms with Crippen molar-refractivity contribution in [1.82, 2.24) is 0 Å². The molecule has 2 heteroatoms. The summed E-state index contributed by atoms with van der Waals surface area (Å²) in [5, 5.41) is 9.35. The van der Waals surface area contributed by atoms with Crippen LogP contribution in [-0.2, 0) is 5.41 Å². The second kappa shape index (κ2) is 13.2. The van der Waals surface area contributed by atoms with Gasteiger partial charge < -0.3 is 8.83 Å². The summed E-state index contributed by atoms with van der Waals surface area (Å²) in [7, 11) is 0. The number of rotatable bonds is 5. The standard InChI is InChI=1S/C60H40O2/c1-60(2)52-23-9-7-18-45(52)46-31-29-41(35-53(46)60)56(38-27-25-37(26-28-38)44-20-12-22-49-47-19-8-10-24-54(47)61-58(44)49)40-30-32-55-50(34-40)51-33-39-14-4-6-17-43(39)57(59(51)62-55)48-21-11-15-36-13-3-5-16-42(36)48/h3-35,56H,1-2H3. The second-order valence-corrected chi connectivity index (χ2v) is 17.5. The summed E-state index contributed by atoms with van der Waals surface area (Å²) in [4.78, 5) is 0. The lowest BCUT2D eigenvalue weighted by Gasteiger charge is -2.25. The van der Waals surface area contributed by atoms with E-state index in [1.54, 1.807) is 0 Å². The Morgan fingerprint density at radius 3 is 1.84 bits per heavy atom. The third-order valence-corrected chi connectivity index (χ3v) is 13.8. The molecule has 0 bridgehead atoms. The molecule has 0 spiro atoms. The summed E-state index contributed by atoms with van der Waals surface area (Å²) < 4.78 is 13.5. The van der Waals surface area contributed by atoms with Crippen LogP contribution in [0.5, 0.6) is 0 Å². The van der Waals surface area contributed by atoms with Crippen LogP contribution < -0.4 is 0 Å². The highest BCUT2D eigenvalue weighted by molar-refractivity contribution is 6.21. The van der Waals surface area contributed by atoms with E-state index in [1.165, 1.54) is 66.1 Å². The zero-order valence-corrected chi connectivity index (χ0v) is 34.4. The fourth-order valence-corrected chi connectivity index (χ4v) is 10.8. The van der Waals surface area contributed by atoms with Gasteiger partial charge in [0.25, 0.3) is 0 Å². The molecule has 0 aliphatic heterocycles. The van der Waals surface area contributed by atoms with Gasteiger partial charge in [-0.2, -0.15) is 0 Å². The first kappa shape index (κ1) is 35.1. The highest BCUT2D eigenvalue weighted by Crippen LogP contribution is 2.51. The number of fused-ring (bicyclic) bond motifs is 11. The van der Waals surface area contributed by atoms with Crippen molar-refractivity contribution in [2.24, 2.45) is 0 Å². The number of hydrogen-bond donors (Lipinski definition) is 0. The first-order valence-corrected chi connectivity index (χ1v) is 21.6. The van der Waals surface area contributed by atoms with Crippen LogP contribution in [0.4, 0.5) is 0 Å². The third kappa shape index (κ3) is 5.10. The Morgan fingerprint density at radius 2 is 0.952 bits per heavy atom. The summed E-state index contributed by atoms with van der Waals surface area (Å²) in [6, 6.07) is 73.2. The quantitative estimate of drug-likeness (QED) is 0.162. The molecule has 12 aromatic rings. The first-order chi connectivity index (χ1) is 30.5. The van der Waals surface area contributed by atoms with Crippen LogP contribution in [-0.4, -0.2) is 0 Å². The van der Waals surface area contributed by atoms with Crippen LogP contribution in [0, 0.1) is 0 Å². The van der Waals surface area contributed by atoms with Crippen molar-refractivity contribution < 1.29 is 8.83 Å². The molecule has 1 unspecified atom stereocenters. The van der Waals surface area contributed by atoms with Crippen molar-refractivity contribution in [2.45, 2.75) is 25.2 Å². The maximum absolute atomic E-state index is 6.98. The van der Waals surface area contributed by atoms with Crippen molar-refractivity contribution in [3.63, 3.8) is 0 Å². The fraction of sp³-hybridized carbons (Fsp3) is 0.0667. The molecule has 2 heterocycles. The average Bonchev–Trinajstić information content (AvgIpc) is 3.95. The van der Waals surface area contributed by atoms with Gasteiger partial charge in [0, 0.05) is 44.0 Å². The number of para-hydroxylation sites is 2. The molecular weight excluding hydrogens is 753 g/mol. The fourth-order valence-electron chi connectivity index (χ4n) is 10.8. The molecule has 13 rings (SSSR count). The van der Waals surface area contributed by atoms with E-state index in [9.17, 15) is 0 Å². The Labute approximate surface area is 359 Å². The SMILES string of the molecule is CC1(C)c2ccccc2-c2ccc(C(c3ccc(-c4cccc5c4oc4ccccc45)cc3)c3ccc4oc5c(-c6cccc7ccccc67)c6ccccc6cc5c4c3)cc21. The van der Waals surface area contributed by atoms with E-state index in [1.807, 2.05) is 6.07 Å². The van der Waals surface area contributed by atoms with Gasteiger partial charge in [-0.15, -0.1) is 0 Å². The van der Waals surface area contributed by atoms with E-state index in [0.717, 1.165) is 60.6 Å². The molecule has 10 aromatic carbocycles. The maximum atomic E-state index is 6.98. The minimum atomic E-state index is -0.120. The molecule has 1 aliphatic rings. The van der Waals surface area contributed by atoms with E-state index < -0.39 is 0 Å². The van der Waals surface area contributed by atoms with Crippen LogP contribution in [0.25, 0.3) is 98.8 Å². The van der Waals surface area contributed by atoms with Crippen LogP contribution in [0.3, 0.4) is 0 Å². The van der Waals surface area contributed by atoms with E-state index in [4.69, 9.17) is 8.83 Å². The zero-order chi connectivity index (χ0) is 41.1. The molecule has 0 N–H and O–H groups in total. The third-order valence-electron chi connectivity index (χ3n) is 13.8. The monoisotopic (exact) mass is 792 g/mol. The van der Waals surface area contributed by atoms with Crippen molar-refractivity contribution >= 4 is 65.4 Å². The molecule has 0 fully saturated rings. The van der Waals surface area contributed by atoms with Crippen molar-refractivity contribution in [1.29, 1.82) is 0 Å². The lowest BCUT2D eigenvalue weighted by atomic mass is 9.78. The first-order valence-electron chi connectivity index (χ1n) is 21.6. The molecule has 2 nitrogen and oxygen atoms in total. The molecule has 0 saturated heterocycles. The van der Waals surface area contributed by atoms with Gasteiger partial charge in [-0.25, -0.2) is 0 Å². The molecular formula is C60H40O2. The average molecular weight is 793 g/mol. The highest BCUT2D eigenvalue weighted by atomic mass is 16.3. The molecule has 2 aromatic heterocycles. The van der Waals surface area contributed by atoms with Gasteiger partial charge >= 0.3 is 0 Å². The summed E-state index contributed by atoms with van der Waals surface area (Å²) in [5.74, 6) is -0.0387. The minimum Gasteiger partial charge on any atom is -0.455 e. The highest BCUT2D eigenvalue weighted by Gasteiger charge is 2.36. The number of benzene rings is 10. The van der Waals surface area contributed by atoms with Gasteiger partial charge in [-0.3, -0.25) is 0 Å². The van der Waals surface area contributed by atoms with Gasteiger partial charge in [-0.1, -0.05) is 190 Å². The van der Waals surface area contributed by atoms with Crippen molar-refractivity contribution in [3.8, 4) is 33.4 Å².